The molecule has 33 heavy (non-hydrogen) atoms. The van der Waals surface area contributed by atoms with Crippen LogP contribution >= 0.6 is 11.6 Å². The van der Waals surface area contributed by atoms with Crippen LogP contribution in [-0.4, -0.2) is 44.1 Å². The largest absolute Gasteiger partial charge is 0.465 e. The fraction of sp³-hybridized carbons (Fsp3) is 0.227. The van der Waals surface area contributed by atoms with Crippen molar-refractivity contribution in [2.45, 2.75) is 13.3 Å². The molecule has 0 saturated carbocycles. The third-order valence-electron chi connectivity index (χ3n) is 5.40. The smallest absolute Gasteiger partial charge is 0.407 e. The number of fused-ring (bicyclic) bond motifs is 1. The molecular weight excluding hydrogens is 453 g/mol. The van der Waals surface area contributed by atoms with Crippen LogP contribution in [0.5, 0.6) is 0 Å². The average Bonchev–Trinajstić information content (AvgIpc) is 3.18. The molecule has 1 unspecified atom stereocenters. The van der Waals surface area contributed by atoms with Crippen molar-refractivity contribution >= 4 is 45.8 Å². The molecule has 168 valence electrons. The molecule has 0 radical (unpaired) electrons. The summed E-state index contributed by atoms with van der Waals surface area (Å²) in [6, 6.07) is 7.17. The van der Waals surface area contributed by atoms with Gasteiger partial charge in [0.2, 0.25) is 0 Å². The van der Waals surface area contributed by atoms with E-state index in [-0.39, 0.29) is 34.3 Å². The minimum atomic E-state index is -1.02. The van der Waals surface area contributed by atoms with Gasteiger partial charge in [-0.05, 0) is 31.5 Å². The molecule has 1 fully saturated rings. The minimum Gasteiger partial charge on any atom is -0.465 e. The Labute approximate surface area is 192 Å². The molecular formula is C22H17ClFN5O4. The fourth-order valence-electron chi connectivity index (χ4n) is 3.61. The van der Waals surface area contributed by atoms with Gasteiger partial charge in [-0.25, -0.2) is 19.2 Å². The maximum Gasteiger partial charge on any atom is 0.407 e. The Bertz CT molecular complexity index is 1360. The standard InChI is InChI=1S/C22H17ClFN5O4/c1-22(7-8-28(11-22)21(30)31)6-5-13-9-17-14(10-18(13)29(32)33)20(26-12-25-17)27-16-4-2-3-15(23)19(16)24/h2-4,9-10,12H,7-8,11H2,1H3,(H,30,31)(H,25,26,27). The van der Waals surface area contributed by atoms with Gasteiger partial charge in [0.25, 0.3) is 5.69 Å². The molecule has 0 bridgehead atoms. The maximum atomic E-state index is 14.3. The second-order valence-corrected chi connectivity index (χ2v) is 8.26. The zero-order valence-corrected chi connectivity index (χ0v) is 18.1. The molecule has 1 atom stereocenters. The molecule has 2 N–H and O–H groups in total. The summed E-state index contributed by atoms with van der Waals surface area (Å²) in [6.07, 6.45) is 0.749. The number of aromatic nitrogens is 2. The Morgan fingerprint density at radius 2 is 2.18 bits per heavy atom. The van der Waals surface area contributed by atoms with Crippen LogP contribution in [0.3, 0.4) is 0 Å². The maximum absolute atomic E-state index is 14.3. The lowest BCUT2D eigenvalue weighted by Crippen LogP contribution is -2.29. The lowest BCUT2D eigenvalue weighted by atomic mass is 9.90. The number of hydrogen-bond donors (Lipinski definition) is 2. The molecule has 2 aromatic carbocycles. The predicted molar refractivity (Wildman–Crippen MR) is 120 cm³/mol. The minimum absolute atomic E-state index is 0.0613. The first-order valence-electron chi connectivity index (χ1n) is 9.82. The Balaban J connectivity index is 1.75. The summed E-state index contributed by atoms with van der Waals surface area (Å²) in [6.45, 7) is 2.39. The van der Waals surface area contributed by atoms with Gasteiger partial charge < -0.3 is 15.3 Å². The number of carbonyl (C=O) groups is 1. The highest BCUT2D eigenvalue weighted by Gasteiger charge is 2.34. The summed E-state index contributed by atoms with van der Waals surface area (Å²) >= 11 is 5.82. The highest BCUT2D eigenvalue weighted by Crippen LogP contribution is 2.33. The Kier molecular flexibility index (Phi) is 5.74. The predicted octanol–water partition coefficient (Wildman–Crippen LogP) is 4.82. The molecule has 0 aliphatic carbocycles. The van der Waals surface area contributed by atoms with Crippen molar-refractivity contribution in [2.24, 2.45) is 5.41 Å². The number of rotatable bonds is 3. The van der Waals surface area contributed by atoms with Crippen molar-refractivity contribution in [2.75, 3.05) is 18.4 Å². The van der Waals surface area contributed by atoms with Crippen molar-refractivity contribution in [3.8, 4) is 11.8 Å². The van der Waals surface area contributed by atoms with Gasteiger partial charge in [-0.15, -0.1) is 0 Å². The van der Waals surface area contributed by atoms with Crippen LogP contribution in [0.4, 0.5) is 26.4 Å². The van der Waals surface area contributed by atoms with Crippen LogP contribution in [0.2, 0.25) is 5.02 Å². The van der Waals surface area contributed by atoms with Crippen LogP contribution in [0, 0.1) is 33.2 Å². The van der Waals surface area contributed by atoms with Gasteiger partial charge in [0.05, 0.1) is 21.2 Å². The summed E-state index contributed by atoms with van der Waals surface area (Å²) in [5, 5.41) is 24.0. The van der Waals surface area contributed by atoms with Crippen LogP contribution in [0.1, 0.15) is 18.9 Å². The lowest BCUT2D eigenvalue weighted by molar-refractivity contribution is -0.385. The monoisotopic (exact) mass is 469 g/mol. The molecule has 11 heteroatoms. The van der Waals surface area contributed by atoms with Crippen molar-refractivity contribution in [3.63, 3.8) is 0 Å². The zero-order valence-electron chi connectivity index (χ0n) is 17.3. The highest BCUT2D eigenvalue weighted by atomic mass is 35.5. The Morgan fingerprint density at radius 3 is 2.88 bits per heavy atom. The highest BCUT2D eigenvalue weighted by molar-refractivity contribution is 6.31. The van der Waals surface area contributed by atoms with Crippen molar-refractivity contribution in [1.82, 2.24) is 14.9 Å². The second-order valence-electron chi connectivity index (χ2n) is 7.86. The average molecular weight is 470 g/mol. The molecule has 1 aromatic heterocycles. The molecule has 2 heterocycles. The van der Waals surface area contributed by atoms with E-state index in [4.69, 9.17) is 16.7 Å². The summed E-state index contributed by atoms with van der Waals surface area (Å²) < 4.78 is 14.3. The summed E-state index contributed by atoms with van der Waals surface area (Å²) in [4.78, 5) is 31.9. The molecule has 1 amide bonds. The van der Waals surface area contributed by atoms with Crippen LogP contribution in [0.25, 0.3) is 10.9 Å². The number of likely N-dealkylation sites (tertiary alicyclic amines) is 1. The summed E-state index contributed by atoms with van der Waals surface area (Å²) in [5.74, 6) is 5.34. The van der Waals surface area contributed by atoms with Crippen LogP contribution in [-0.2, 0) is 0 Å². The van der Waals surface area contributed by atoms with E-state index in [0.29, 0.717) is 23.9 Å². The van der Waals surface area contributed by atoms with E-state index in [2.05, 4.69) is 27.1 Å². The van der Waals surface area contributed by atoms with Gasteiger partial charge in [0.1, 0.15) is 17.7 Å². The Morgan fingerprint density at radius 1 is 1.39 bits per heavy atom. The van der Waals surface area contributed by atoms with E-state index in [0.717, 1.165) is 0 Å². The van der Waals surface area contributed by atoms with Gasteiger partial charge in [-0.2, -0.15) is 0 Å². The molecule has 1 saturated heterocycles. The first-order valence-corrected chi connectivity index (χ1v) is 10.2. The van der Waals surface area contributed by atoms with Gasteiger partial charge >= 0.3 is 6.09 Å². The third kappa shape index (κ3) is 4.49. The zero-order chi connectivity index (χ0) is 23.8. The van der Waals surface area contributed by atoms with Gasteiger partial charge in [-0.3, -0.25) is 10.1 Å². The fourth-order valence-corrected chi connectivity index (χ4v) is 3.79. The summed E-state index contributed by atoms with van der Waals surface area (Å²) in [7, 11) is 0. The quantitative estimate of drug-likeness (QED) is 0.320. The first-order chi connectivity index (χ1) is 15.7. The molecule has 1 aliphatic rings. The SMILES string of the molecule is CC1(C#Cc2cc3ncnc(Nc4cccc(Cl)c4F)c3cc2[N+](=O)[O-])CCN(C(=O)O)C1. The lowest BCUT2D eigenvalue weighted by Gasteiger charge is -2.16. The van der Waals surface area contributed by atoms with Crippen LogP contribution in [0.15, 0.2) is 36.7 Å². The van der Waals surface area contributed by atoms with E-state index in [1.807, 2.05) is 6.92 Å². The number of anilines is 2. The number of nitro groups is 1. The number of amides is 1. The number of nitrogens with one attached hydrogen (secondary N) is 1. The number of nitrogens with zero attached hydrogens (tertiary/aromatic N) is 4. The number of carboxylic acid groups (broad SMARTS) is 1. The summed E-state index contributed by atoms with van der Waals surface area (Å²) in [5.41, 5.74) is -0.319. The second kappa shape index (κ2) is 8.52. The normalized spacial score (nSPS) is 17.5. The number of benzene rings is 2. The van der Waals surface area contributed by atoms with Crippen molar-refractivity contribution < 1.29 is 19.2 Å². The molecule has 1 aliphatic heterocycles. The van der Waals surface area contributed by atoms with Crippen LogP contribution < -0.4 is 5.32 Å². The van der Waals surface area contributed by atoms with Gasteiger partial charge in [0, 0.05) is 30.0 Å². The topological polar surface area (TPSA) is 121 Å². The van der Waals surface area contributed by atoms with Gasteiger partial charge in [0.15, 0.2) is 5.82 Å². The van der Waals surface area contributed by atoms with E-state index >= 15 is 0 Å². The van der Waals surface area contributed by atoms with Crippen molar-refractivity contribution in [3.05, 3.63) is 63.2 Å². The van der Waals surface area contributed by atoms with Gasteiger partial charge in [-0.1, -0.05) is 29.5 Å². The van der Waals surface area contributed by atoms with Crippen molar-refractivity contribution in [1.29, 1.82) is 0 Å². The van der Waals surface area contributed by atoms with E-state index in [9.17, 15) is 19.3 Å². The van der Waals surface area contributed by atoms with E-state index < -0.39 is 22.2 Å². The van der Waals surface area contributed by atoms with E-state index in [1.165, 1.54) is 35.5 Å². The molecule has 3 aromatic rings. The third-order valence-corrected chi connectivity index (χ3v) is 5.69. The number of halogens is 2. The molecule has 4 rings (SSSR count). The Hall–Kier alpha value is -3.97. The molecule has 0 spiro atoms. The van der Waals surface area contributed by atoms with E-state index in [1.54, 1.807) is 6.07 Å². The number of nitro benzene ring substituents is 1. The first kappa shape index (κ1) is 22.2. The number of hydrogen-bond acceptors (Lipinski definition) is 6. The molecule has 9 nitrogen and oxygen atoms in total.